The molecule has 21 heavy (non-hydrogen) atoms. The third kappa shape index (κ3) is 2.60. The van der Waals surface area contributed by atoms with Crippen LogP contribution in [0.25, 0.3) is 0 Å². The Labute approximate surface area is 119 Å². The van der Waals surface area contributed by atoms with Gasteiger partial charge in [0.25, 0.3) is 0 Å². The smallest absolute Gasteiger partial charge is 0.185 e. The second-order valence-corrected chi connectivity index (χ2v) is 5.26. The van der Waals surface area contributed by atoms with Crippen LogP contribution in [0.1, 0.15) is 24.3 Å². The van der Waals surface area contributed by atoms with Crippen LogP contribution in [-0.2, 0) is 0 Å². The highest BCUT2D eigenvalue weighted by molar-refractivity contribution is 5.49. The summed E-state index contributed by atoms with van der Waals surface area (Å²) in [6, 6.07) is 9.77. The average Bonchev–Trinajstić information content (AvgIpc) is 2.44. The molecule has 110 valence electrons. The molecule has 1 aliphatic carbocycles. The van der Waals surface area contributed by atoms with Crippen LogP contribution >= 0.6 is 0 Å². The number of halogens is 4. The molecule has 1 aliphatic rings. The number of nitrogens with one attached hydrogen (secondary N) is 1. The van der Waals surface area contributed by atoms with Gasteiger partial charge in [0.15, 0.2) is 23.3 Å². The van der Waals surface area contributed by atoms with Gasteiger partial charge in [-0.3, -0.25) is 0 Å². The molecule has 1 nitrogen and oxygen atoms in total. The van der Waals surface area contributed by atoms with E-state index in [1.165, 1.54) is 0 Å². The number of benzene rings is 2. The number of hydrogen-bond donors (Lipinski definition) is 1. The third-order valence-electron chi connectivity index (χ3n) is 3.87. The van der Waals surface area contributed by atoms with E-state index < -0.39 is 29.0 Å². The van der Waals surface area contributed by atoms with Gasteiger partial charge < -0.3 is 5.32 Å². The molecule has 1 saturated carbocycles. The molecular formula is C16H13F4N. The lowest BCUT2D eigenvalue weighted by molar-refractivity contribution is 0.368. The molecule has 0 bridgehead atoms. The van der Waals surface area contributed by atoms with Gasteiger partial charge in [-0.05, 0) is 24.3 Å². The van der Waals surface area contributed by atoms with Gasteiger partial charge in [0.1, 0.15) is 5.69 Å². The average molecular weight is 295 g/mol. The molecule has 3 rings (SSSR count). The largest absolute Gasteiger partial charge is 0.377 e. The lowest BCUT2D eigenvalue weighted by Gasteiger charge is -2.37. The van der Waals surface area contributed by atoms with Crippen molar-refractivity contribution in [2.45, 2.75) is 24.8 Å². The van der Waals surface area contributed by atoms with Crippen molar-refractivity contribution in [2.24, 2.45) is 0 Å². The third-order valence-corrected chi connectivity index (χ3v) is 3.87. The van der Waals surface area contributed by atoms with E-state index in [4.69, 9.17) is 0 Å². The number of anilines is 1. The minimum absolute atomic E-state index is 0.194. The van der Waals surface area contributed by atoms with Gasteiger partial charge in [-0.15, -0.1) is 0 Å². The van der Waals surface area contributed by atoms with Crippen LogP contribution in [0.5, 0.6) is 0 Å². The molecule has 0 atom stereocenters. The fraction of sp³-hybridized carbons (Fsp3) is 0.250. The summed E-state index contributed by atoms with van der Waals surface area (Å²) in [5, 5.41) is 2.57. The zero-order valence-corrected chi connectivity index (χ0v) is 11.0. The van der Waals surface area contributed by atoms with Crippen LogP contribution in [-0.4, -0.2) is 6.04 Å². The van der Waals surface area contributed by atoms with E-state index in [2.05, 4.69) is 5.32 Å². The molecule has 0 unspecified atom stereocenters. The fourth-order valence-corrected chi connectivity index (χ4v) is 2.64. The van der Waals surface area contributed by atoms with E-state index in [1.807, 2.05) is 30.3 Å². The summed E-state index contributed by atoms with van der Waals surface area (Å²) in [4.78, 5) is 0. The second kappa shape index (κ2) is 5.39. The van der Waals surface area contributed by atoms with Crippen LogP contribution in [0.3, 0.4) is 0 Å². The summed E-state index contributed by atoms with van der Waals surface area (Å²) < 4.78 is 53.3. The van der Waals surface area contributed by atoms with E-state index in [9.17, 15) is 17.6 Å². The Morgan fingerprint density at radius 2 is 1.43 bits per heavy atom. The van der Waals surface area contributed by atoms with Crippen LogP contribution < -0.4 is 5.32 Å². The standard InChI is InChI=1S/C16H13F4N/c17-12-8-13(18)15(20)16(14(12)19)21-11-6-10(7-11)9-4-2-1-3-5-9/h1-5,8,10-11,21H,6-7H2. The maximum Gasteiger partial charge on any atom is 0.185 e. The summed E-state index contributed by atoms with van der Waals surface area (Å²) in [6.45, 7) is 0. The molecule has 0 amide bonds. The number of rotatable bonds is 3. The first-order valence-electron chi connectivity index (χ1n) is 6.70. The Kier molecular flexibility index (Phi) is 3.57. The van der Waals surface area contributed by atoms with Crippen LogP contribution in [0.2, 0.25) is 0 Å². The lowest BCUT2D eigenvalue weighted by Crippen LogP contribution is -2.34. The minimum Gasteiger partial charge on any atom is -0.377 e. The van der Waals surface area contributed by atoms with Crippen molar-refractivity contribution in [3.05, 3.63) is 65.2 Å². The maximum absolute atomic E-state index is 13.5. The van der Waals surface area contributed by atoms with Crippen molar-refractivity contribution in [2.75, 3.05) is 5.32 Å². The van der Waals surface area contributed by atoms with Gasteiger partial charge >= 0.3 is 0 Å². The van der Waals surface area contributed by atoms with Crippen molar-refractivity contribution >= 4 is 5.69 Å². The van der Waals surface area contributed by atoms with Crippen molar-refractivity contribution < 1.29 is 17.6 Å². The summed E-state index contributed by atoms with van der Waals surface area (Å²) in [5.74, 6) is -5.24. The van der Waals surface area contributed by atoms with Crippen LogP contribution in [0.4, 0.5) is 23.2 Å². The molecule has 5 heteroatoms. The summed E-state index contributed by atoms with van der Waals surface area (Å²) >= 11 is 0. The van der Waals surface area contributed by atoms with E-state index in [1.54, 1.807) is 0 Å². The van der Waals surface area contributed by atoms with E-state index in [0.717, 1.165) is 5.56 Å². The van der Waals surface area contributed by atoms with Crippen LogP contribution in [0, 0.1) is 23.3 Å². The monoisotopic (exact) mass is 295 g/mol. The Hall–Kier alpha value is -2.04. The second-order valence-electron chi connectivity index (χ2n) is 5.26. The molecule has 2 aromatic rings. The summed E-state index contributed by atoms with van der Waals surface area (Å²) in [7, 11) is 0. The van der Waals surface area contributed by atoms with Gasteiger partial charge in [-0.25, -0.2) is 17.6 Å². The molecule has 0 aliphatic heterocycles. The number of hydrogen-bond acceptors (Lipinski definition) is 1. The Bertz CT molecular complexity index is 625. The molecule has 0 heterocycles. The van der Waals surface area contributed by atoms with Gasteiger partial charge in [-0.1, -0.05) is 30.3 Å². The highest BCUT2D eigenvalue weighted by Gasteiger charge is 2.32. The van der Waals surface area contributed by atoms with E-state index in [-0.39, 0.29) is 12.1 Å². The first-order chi connectivity index (χ1) is 10.1. The molecule has 0 radical (unpaired) electrons. The SMILES string of the molecule is Fc1cc(F)c(F)c(NC2CC(c3ccccc3)C2)c1F. The predicted molar refractivity (Wildman–Crippen MR) is 72.1 cm³/mol. The Morgan fingerprint density at radius 1 is 0.857 bits per heavy atom. The molecule has 2 aromatic carbocycles. The molecule has 1 N–H and O–H groups in total. The van der Waals surface area contributed by atoms with Crippen LogP contribution in [0.15, 0.2) is 36.4 Å². The quantitative estimate of drug-likeness (QED) is 0.644. The molecule has 1 fully saturated rings. The first-order valence-corrected chi connectivity index (χ1v) is 6.70. The van der Waals surface area contributed by atoms with Crippen molar-refractivity contribution in [1.82, 2.24) is 0 Å². The Balaban J connectivity index is 1.70. The highest BCUT2D eigenvalue weighted by Crippen LogP contribution is 2.39. The van der Waals surface area contributed by atoms with E-state index >= 15 is 0 Å². The molecule has 0 aromatic heterocycles. The van der Waals surface area contributed by atoms with Crippen molar-refractivity contribution in [1.29, 1.82) is 0 Å². The first kappa shape index (κ1) is 13.9. The fourth-order valence-electron chi connectivity index (χ4n) is 2.64. The Morgan fingerprint density at radius 3 is 2.00 bits per heavy atom. The summed E-state index contributed by atoms with van der Waals surface area (Å²) in [5.41, 5.74) is 0.436. The van der Waals surface area contributed by atoms with E-state index in [0.29, 0.717) is 18.8 Å². The molecule has 0 spiro atoms. The van der Waals surface area contributed by atoms with Gasteiger partial charge in [-0.2, -0.15) is 0 Å². The van der Waals surface area contributed by atoms with Crippen molar-refractivity contribution in [3.63, 3.8) is 0 Å². The lowest BCUT2D eigenvalue weighted by atomic mass is 9.76. The van der Waals surface area contributed by atoms with Crippen molar-refractivity contribution in [3.8, 4) is 0 Å². The van der Waals surface area contributed by atoms with Gasteiger partial charge in [0.2, 0.25) is 0 Å². The molecular weight excluding hydrogens is 282 g/mol. The minimum atomic E-state index is -1.39. The molecule has 0 saturated heterocycles. The summed E-state index contributed by atoms with van der Waals surface area (Å²) in [6.07, 6.45) is 1.34. The van der Waals surface area contributed by atoms with Gasteiger partial charge in [0, 0.05) is 12.1 Å². The zero-order valence-electron chi connectivity index (χ0n) is 11.0. The highest BCUT2D eigenvalue weighted by atomic mass is 19.2. The normalized spacial score (nSPS) is 21.0. The maximum atomic E-state index is 13.5. The predicted octanol–water partition coefficient (Wildman–Crippen LogP) is 4.60. The van der Waals surface area contributed by atoms with Gasteiger partial charge in [0.05, 0.1) is 0 Å². The zero-order chi connectivity index (χ0) is 15.0. The topological polar surface area (TPSA) is 12.0 Å².